The summed E-state index contributed by atoms with van der Waals surface area (Å²) in [6.07, 6.45) is 10.2. The molecule has 7 rings (SSSR count). The van der Waals surface area contributed by atoms with E-state index in [1.54, 1.807) is 29.2 Å². The van der Waals surface area contributed by atoms with Gasteiger partial charge in [0, 0.05) is 37.7 Å². The molecule has 4 aromatic rings. The van der Waals surface area contributed by atoms with E-state index in [0.717, 1.165) is 47.6 Å². The van der Waals surface area contributed by atoms with Crippen molar-refractivity contribution in [3.63, 3.8) is 0 Å². The van der Waals surface area contributed by atoms with Crippen molar-refractivity contribution in [3.05, 3.63) is 139 Å². The number of nitrogens with zero attached hydrogens (tertiary/aromatic N) is 2. The molecule has 0 unspecified atom stereocenters. The van der Waals surface area contributed by atoms with Crippen molar-refractivity contribution < 1.29 is 43.2 Å². The molecule has 64 heavy (non-hydrogen) atoms. The Kier molecular flexibility index (Phi) is 15.3. The zero-order valence-electron chi connectivity index (χ0n) is 37.4. The summed E-state index contributed by atoms with van der Waals surface area (Å²) in [6.45, 7) is 14.1. The normalized spacial score (nSPS) is 23.0. The van der Waals surface area contributed by atoms with Gasteiger partial charge >= 0.3 is 6.09 Å². The maximum Gasteiger partial charge on any atom is 0.410 e. The number of allylic oxidation sites excluding steroid dienone is 1. The Bertz CT molecular complexity index is 2300. The van der Waals surface area contributed by atoms with E-state index in [-0.39, 0.29) is 57.1 Å². The van der Waals surface area contributed by atoms with E-state index in [9.17, 15) is 19.4 Å². The third kappa shape index (κ3) is 10.5. The first-order valence-corrected chi connectivity index (χ1v) is 22.7. The number of halogens is 1. The summed E-state index contributed by atoms with van der Waals surface area (Å²) >= 11 is 0. The number of carbonyl (C=O) groups is 1. The van der Waals surface area contributed by atoms with Gasteiger partial charge in [0.2, 0.25) is 5.79 Å². The average molecular weight is 875 g/mol. The van der Waals surface area contributed by atoms with E-state index in [4.69, 9.17) is 28.9 Å². The highest BCUT2D eigenvalue weighted by Crippen LogP contribution is 2.62. The smallest absolute Gasteiger partial charge is 0.410 e. The van der Waals surface area contributed by atoms with Crippen molar-refractivity contribution >= 4 is 22.6 Å². The fourth-order valence-corrected chi connectivity index (χ4v) is 9.67. The van der Waals surface area contributed by atoms with Crippen LogP contribution in [0.5, 0.6) is 17.2 Å². The topological polar surface area (TPSA) is 119 Å². The summed E-state index contributed by atoms with van der Waals surface area (Å²) in [4.78, 5) is 22.5. The van der Waals surface area contributed by atoms with E-state index in [1.165, 1.54) is 12.1 Å². The lowest BCUT2D eigenvalue weighted by Crippen LogP contribution is -2.70. The third-order valence-electron chi connectivity index (χ3n) is 12.5. The van der Waals surface area contributed by atoms with Crippen LogP contribution >= 0.6 is 0 Å². The number of oxime groups is 1. The van der Waals surface area contributed by atoms with Gasteiger partial charge in [-0.25, -0.2) is 9.18 Å². The zero-order valence-corrected chi connectivity index (χ0v) is 37.4. The van der Waals surface area contributed by atoms with Crippen molar-refractivity contribution in [2.45, 2.75) is 102 Å². The van der Waals surface area contributed by atoms with Crippen LogP contribution in [0.15, 0.2) is 127 Å². The van der Waals surface area contributed by atoms with Crippen molar-refractivity contribution in [2.24, 2.45) is 22.9 Å². The monoisotopic (exact) mass is 874 g/mol. The largest absolute Gasteiger partial charge is 0.459 e. The maximum absolute atomic E-state index is 14.7. The number of ether oxygens (including phenoxy) is 4. The molecule has 0 aromatic heterocycles. The molecule has 0 spiro atoms. The maximum atomic E-state index is 14.7. The SMILES string of the molecule is C=CCCOC(=O)N(Cc1ccc(F)cc1)[C@H]1CC(=NOC(C)(C)C)C2=C[C@H](CCCCO)[C@@H](CCCCO)[C@@H]3c4cc(Oc5ccc6ccccc6c5)ccc4O[C@@]1(OCC=C)[C@H]23. The molecule has 0 bridgehead atoms. The molecule has 11 heteroatoms. The van der Waals surface area contributed by atoms with Crippen LogP contribution in [0.25, 0.3) is 10.8 Å². The fourth-order valence-electron chi connectivity index (χ4n) is 9.67. The van der Waals surface area contributed by atoms with Crippen molar-refractivity contribution in [3.8, 4) is 17.2 Å². The molecule has 1 aliphatic heterocycles. The average Bonchev–Trinajstić information content (AvgIpc) is 3.28. The Labute approximate surface area is 377 Å². The van der Waals surface area contributed by atoms with Gasteiger partial charge in [-0.2, -0.15) is 0 Å². The molecule has 1 fully saturated rings. The van der Waals surface area contributed by atoms with Crippen LogP contribution in [0.3, 0.4) is 0 Å². The summed E-state index contributed by atoms with van der Waals surface area (Å²) in [7, 11) is 0. The Hall–Kier alpha value is -5.49. The lowest BCUT2D eigenvalue weighted by atomic mass is 9.55. The Morgan fingerprint density at radius 1 is 0.922 bits per heavy atom. The minimum Gasteiger partial charge on any atom is -0.459 e. The second-order valence-corrected chi connectivity index (χ2v) is 18.0. The Morgan fingerprint density at radius 2 is 1.64 bits per heavy atom. The fraction of sp³-hybridized carbons (Fsp3) is 0.434. The van der Waals surface area contributed by atoms with Gasteiger partial charge < -0.3 is 34.0 Å². The second kappa shape index (κ2) is 21.0. The van der Waals surface area contributed by atoms with Crippen LogP contribution in [-0.4, -0.2) is 70.8 Å². The highest BCUT2D eigenvalue weighted by molar-refractivity contribution is 6.03. The van der Waals surface area contributed by atoms with Gasteiger partial charge in [0.15, 0.2) is 0 Å². The molecule has 340 valence electrons. The number of benzene rings is 4. The van der Waals surface area contributed by atoms with Crippen molar-refractivity contribution in [1.82, 2.24) is 4.90 Å². The number of hydrogen-bond acceptors (Lipinski definition) is 9. The van der Waals surface area contributed by atoms with E-state index < -0.39 is 35.3 Å². The molecule has 0 radical (unpaired) electrons. The molecule has 2 aliphatic carbocycles. The molecule has 0 saturated heterocycles. The van der Waals surface area contributed by atoms with Crippen LogP contribution < -0.4 is 9.47 Å². The highest BCUT2D eigenvalue weighted by Gasteiger charge is 2.65. The van der Waals surface area contributed by atoms with Crippen LogP contribution in [-0.2, 0) is 20.9 Å². The molecule has 1 amide bonds. The predicted molar refractivity (Wildman–Crippen MR) is 248 cm³/mol. The number of aliphatic hydroxyl groups excluding tert-OH is 2. The second-order valence-electron chi connectivity index (χ2n) is 18.0. The Balaban J connectivity index is 1.46. The van der Waals surface area contributed by atoms with Gasteiger partial charge in [-0.1, -0.05) is 78.7 Å². The number of rotatable bonds is 20. The first kappa shape index (κ1) is 46.5. The quantitative estimate of drug-likeness (QED) is 0.0512. The summed E-state index contributed by atoms with van der Waals surface area (Å²) in [5.41, 5.74) is 2.55. The third-order valence-corrected chi connectivity index (χ3v) is 12.5. The standard InChI is InChI=1S/C53H63FN2O8/c1-6-8-30-60-51(59)56(35-36-19-22-40(54)23-20-36)48-34-46(55-64-52(3,4)5)44-32-39(17-11-13-27-57)43(18-12-14-28-58)49-45-33-42(62-41-24-21-37-15-9-10-16-38(37)31-41)25-26-47(45)63-53(48,50(44)49)61-29-7-2/h6-7,9-10,15-16,19-26,31-33,39,43,48-50,57-58H,1-2,8,11-14,17-18,27-30,34-35H2,3-5H3/t39-,43+,48-,49+,50+,53+/m0/s1. The zero-order chi connectivity index (χ0) is 45.3. The molecule has 6 atom stereocenters. The van der Waals surface area contributed by atoms with Gasteiger partial charge in [-0.3, -0.25) is 4.90 Å². The first-order chi connectivity index (χ1) is 31.0. The van der Waals surface area contributed by atoms with Crippen molar-refractivity contribution in [1.29, 1.82) is 0 Å². The minimum atomic E-state index is -1.51. The predicted octanol–water partition coefficient (Wildman–Crippen LogP) is 11.4. The molecule has 4 aromatic carbocycles. The Morgan fingerprint density at radius 3 is 2.36 bits per heavy atom. The lowest BCUT2D eigenvalue weighted by molar-refractivity contribution is -0.256. The molecule has 3 aliphatic rings. The number of fused-ring (bicyclic) bond motifs is 3. The number of aliphatic hydroxyl groups is 2. The molecule has 10 nitrogen and oxygen atoms in total. The molecular formula is C53H63FN2O8. The molecule has 1 heterocycles. The van der Waals surface area contributed by atoms with Crippen LogP contribution in [0.4, 0.5) is 9.18 Å². The van der Waals surface area contributed by atoms with Crippen LogP contribution in [0.1, 0.15) is 89.2 Å². The van der Waals surface area contributed by atoms with Gasteiger partial charge in [-0.05, 0) is 129 Å². The summed E-state index contributed by atoms with van der Waals surface area (Å²) < 4.78 is 41.4. The number of carbonyl (C=O) groups excluding carboxylic acids is 1. The summed E-state index contributed by atoms with van der Waals surface area (Å²) in [5.74, 6) is -0.719. The molecular weight excluding hydrogens is 812 g/mol. The summed E-state index contributed by atoms with van der Waals surface area (Å²) in [5, 5.41) is 27.1. The number of unbranched alkanes of at least 4 members (excludes halogenated alkanes) is 2. The molecule has 2 N–H and O–H groups in total. The van der Waals surface area contributed by atoms with Gasteiger partial charge in [0.25, 0.3) is 0 Å². The van der Waals surface area contributed by atoms with E-state index in [1.807, 2.05) is 63.2 Å². The number of hydrogen-bond donors (Lipinski definition) is 2. The first-order valence-electron chi connectivity index (χ1n) is 22.7. The van der Waals surface area contributed by atoms with E-state index >= 15 is 0 Å². The van der Waals surface area contributed by atoms with Crippen LogP contribution in [0, 0.1) is 23.6 Å². The van der Waals surface area contributed by atoms with Gasteiger partial charge in [0.1, 0.15) is 34.7 Å². The minimum absolute atomic E-state index is 0.0119. The van der Waals surface area contributed by atoms with E-state index in [0.29, 0.717) is 47.8 Å². The van der Waals surface area contributed by atoms with Crippen molar-refractivity contribution in [2.75, 3.05) is 26.4 Å². The number of amides is 1. The van der Waals surface area contributed by atoms with Crippen LogP contribution in [0.2, 0.25) is 0 Å². The highest BCUT2D eigenvalue weighted by atomic mass is 19.1. The van der Waals surface area contributed by atoms with Gasteiger partial charge in [-0.15, -0.1) is 13.2 Å². The lowest BCUT2D eigenvalue weighted by Gasteiger charge is -2.60. The summed E-state index contributed by atoms with van der Waals surface area (Å²) in [6, 6.07) is 25.3. The van der Waals surface area contributed by atoms with Gasteiger partial charge in [0.05, 0.1) is 24.8 Å². The molecule has 1 saturated carbocycles. The van der Waals surface area contributed by atoms with E-state index in [2.05, 4.69) is 37.4 Å².